The summed E-state index contributed by atoms with van der Waals surface area (Å²) in [6.07, 6.45) is 0. The molecule has 0 aliphatic carbocycles. The van der Waals surface area contributed by atoms with Crippen LogP contribution in [0.3, 0.4) is 0 Å². The van der Waals surface area contributed by atoms with Gasteiger partial charge >= 0.3 is 5.69 Å². The number of hydrogen-bond acceptors (Lipinski definition) is 5. The third-order valence-electron chi connectivity index (χ3n) is 2.66. The Labute approximate surface area is 111 Å². The lowest BCUT2D eigenvalue weighted by Crippen LogP contribution is -2.31. The molecule has 0 fully saturated rings. The van der Waals surface area contributed by atoms with E-state index in [9.17, 15) is 19.1 Å². The molecule has 0 saturated carbocycles. The van der Waals surface area contributed by atoms with Gasteiger partial charge in [0.05, 0.1) is 19.9 Å². The number of nitrogens with zero attached hydrogens (tertiary/aromatic N) is 1. The Morgan fingerprint density at radius 1 is 1.25 bits per heavy atom. The Kier molecular flexibility index (Phi) is 3.47. The average Bonchev–Trinajstić information content (AvgIpc) is 2.45. The first-order valence-corrected chi connectivity index (χ1v) is 5.45. The predicted octanol–water partition coefficient (Wildman–Crippen LogP) is 0.388. The van der Waals surface area contributed by atoms with E-state index in [1.165, 1.54) is 32.4 Å². The summed E-state index contributed by atoms with van der Waals surface area (Å²) in [4.78, 5) is 24.5. The van der Waals surface area contributed by atoms with Gasteiger partial charge in [0.25, 0.3) is 5.56 Å². The van der Waals surface area contributed by atoms with Crippen LogP contribution < -0.4 is 20.7 Å². The highest BCUT2D eigenvalue weighted by Crippen LogP contribution is 2.29. The molecule has 0 radical (unpaired) electrons. The minimum Gasteiger partial charge on any atom is -0.497 e. The number of halogens is 1. The molecule has 2 rings (SSSR count). The van der Waals surface area contributed by atoms with Gasteiger partial charge < -0.3 is 14.6 Å². The van der Waals surface area contributed by atoms with Crippen molar-refractivity contribution in [1.82, 2.24) is 9.55 Å². The fourth-order valence-electron chi connectivity index (χ4n) is 1.70. The molecular formula is C12H11FN2O5. The molecule has 1 heterocycles. The predicted molar refractivity (Wildman–Crippen MR) is 67.4 cm³/mol. The molecular weight excluding hydrogens is 271 g/mol. The molecule has 2 N–H and O–H groups in total. The van der Waals surface area contributed by atoms with Crippen LogP contribution in [0, 0.1) is 5.82 Å². The zero-order valence-corrected chi connectivity index (χ0v) is 10.6. The van der Waals surface area contributed by atoms with Gasteiger partial charge in [0.2, 0.25) is 11.7 Å². The molecule has 0 amide bonds. The van der Waals surface area contributed by atoms with E-state index in [1.54, 1.807) is 4.98 Å². The Morgan fingerprint density at radius 3 is 2.55 bits per heavy atom. The standard InChI is InChI=1S/C12H11FN2O5/c1-19-6-3-4-7(8(5-6)20-2)15-11(17)9(13)10(16)14-12(15)18/h3-5,17H,1-2H3,(H,14,16,18). The maximum absolute atomic E-state index is 13.4. The minimum atomic E-state index is -1.46. The van der Waals surface area contributed by atoms with Crippen molar-refractivity contribution in [3.8, 4) is 23.1 Å². The molecule has 1 aromatic carbocycles. The van der Waals surface area contributed by atoms with Crippen molar-refractivity contribution in [1.29, 1.82) is 0 Å². The van der Waals surface area contributed by atoms with Crippen molar-refractivity contribution in [2.75, 3.05) is 14.2 Å². The van der Waals surface area contributed by atoms with Gasteiger partial charge in [-0.2, -0.15) is 4.39 Å². The highest BCUT2D eigenvalue weighted by Gasteiger charge is 2.18. The van der Waals surface area contributed by atoms with Gasteiger partial charge in [-0.15, -0.1) is 0 Å². The van der Waals surface area contributed by atoms with E-state index < -0.39 is 22.9 Å². The van der Waals surface area contributed by atoms with Crippen LogP contribution >= 0.6 is 0 Å². The van der Waals surface area contributed by atoms with Gasteiger partial charge in [-0.05, 0) is 12.1 Å². The zero-order valence-electron chi connectivity index (χ0n) is 10.6. The summed E-state index contributed by atoms with van der Waals surface area (Å²) >= 11 is 0. The third kappa shape index (κ3) is 2.11. The molecule has 2 aromatic rings. The monoisotopic (exact) mass is 282 g/mol. The van der Waals surface area contributed by atoms with Crippen molar-refractivity contribution >= 4 is 0 Å². The average molecular weight is 282 g/mol. The summed E-state index contributed by atoms with van der Waals surface area (Å²) in [6, 6.07) is 4.33. The SMILES string of the molecule is COc1ccc(-n2c(O)c(F)c(=O)[nH]c2=O)c(OC)c1. The molecule has 0 aliphatic heterocycles. The van der Waals surface area contributed by atoms with Gasteiger partial charge in [0.1, 0.15) is 11.5 Å². The van der Waals surface area contributed by atoms with E-state index in [0.717, 1.165) is 0 Å². The quantitative estimate of drug-likeness (QED) is 0.849. The number of nitrogens with one attached hydrogen (secondary N) is 1. The third-order valence-corrected chi connectivity index (χ3v) is 2.66. The number of methoxy groups -OCH3 is 2. The van der Waals surface area contributed by atoms with Gasteiger partial charge in [0.15, 0.2) is 0 Å². The molecule has 8 heteroatoms. The molecule has 0 saturated heterocycles. The van der Waals surface area contributed by atoms with Gasteiger partial charge in [0, 0.05) is 6.07 Å². The highest BCUT2D eigenvalue weighted by atomic mass is 19.1. The van der Waals surface area contributed by atoms with Crippen molar-refractivity contribution in [3.63, 3.8) is 0 Å². The van der Waals surface area contributed by atoms with E-state index in [4.69, 9.17) is 9.47 Å². The number of aromatic hydroxyl groups is 1. The second-order valence-electron chi connectivity index (χ2n) is 3.77. The van der Waals surface area contributed by atoms with E-state index in [-0.39, 0.29) is 11.4 Å². The topological polar surface area (TPSA) is 93.5 Å². The number of H-pyrrole nitrogens is 1. The molecule has 0 bridgehead atoms. The number of ether oxygens (including phenoxy) is 2. The summed E-state index contributed by atoms with van der Waals surface area (Å²) in [7, 11) is 2.78. The minimum absolute atomic E-state index is 0.0611. The van der Waals surface area contributed by atoms with Crippen LogP contribution in [0.4, 0.5) is 4.39 Å². The first kappa shape index (κ1) is 13.7. The Morgan fingerprint density at radius 2 is 1.95 bits per heavy atom. The van der Waals surface area contributed by atoms with Crippen LogP contribution in [0.15, 0.2) is 27.8 Å². The maximum Gasteiger partial charge on any atom is 0.336 e. The molecule has 106 valence electrons. The maximum atomic E-state index is 13.4. The lowest BCUT2D eigenvalue weighted by molar-refractivity contribution is 0.374. The van der Waals surface area contributed by atoms with Crippen LogP contribution in [0.25, 0.3) is 5.69 Å². The second kappa shape index (κ2) is 5.08. The van der Waals surface area contributed by atoms with Crippen molar-refractivity contribution in [3.05, 3.63) is 44.9 Å². The fraction of sp³-hybridized carbons (Fsp3) is 0.167. The van der Waals surface area contributed by atoms with Crippen molar-refractivity contribution in [2.45, 2.75) is 0 Å². The van der Waals surface area contributed by atoms with E-state index in [1.807, 2.05) is 0 Å². The Balaban J connectivity index is 2.78. The van der Waals surface area contributed by atoms with Crippen LogP contribution in [-0.4, -0.2) is 28.9 Å². The molecule has 0 spiro atoms. The second-order valence-corrected chi connectivity index (χ2v) is 3.77. The summed E-state index contributed by atoms with van der Waals surface area (Å²) in [6.45, 7) is 0. The lowest BCUT2D eigenvalue weighted by Gasteiger charge is -2.13. The van der Waals surface area contributed by atoms with Gasteiger partial charge in [-0.1, -0.05) is 0 Å². The van der Waals surface area contributed by atoms with Gasteiger partial charge in [-0.25, -0.2) is 9.36 Å². The van der Waals surface area contributed by atoms with E-state index in [2.05, 4.69) is 0 Å². The number of rotatable bonds is 3. The van der Waals surface area contributed by atoms with Crippen LogP contribution in [0.1, 0.15) is 0 Å². The van der Waals surface area contributed by atoms with Crippen molar-refractivity contribution < 1.29 is 19.0 Å². The smallest absolute Gasteiger partial charge is 0.336 e. The summed E-state index contributed by atoms with van der Waals surface area (Å²) in [5.41, 5.74) is -2.22. The first-order chi connectivity index (χ1) is 9.49. The van der Waals surface area contributed by atoms with Crippen LogP contribution in [0.2, 0.25) is 0 Å². The molecule has 0 aliphatic rings. The largest absolute Gasteiger partial charge is 0.497 e. The molecule has 0 unspecified atom stereocenters. The Bertz CT molecular complexity index is 765. The molecule has 20 heavy (non-hydrogen) atoms. The fourth-order valence-corrected chi connectivity index (χ4v) is 1.70. The summed E-state index contributed by atoms with van der Waals surface area (Å²) < 4.78 is 24.1. The Hall–Kier alpha value is -2.77. The normalized spacial score (nSPS) is 10.3. The number of benzene rings is 1. The van der Waals surface area contributed by atoms with E-state index in [0.29, 0.717) is 10.3 Å². The lowest BCUT2D eigenvalue weighted by atomic mass is 10.2. The zero-order chi connectivity index (χ0) is 14.9. The molecule has 0 atom stereocenters. The molecule has 7 nitrogen and oxygen atoms in total. The highest BCUT2D eigenvalue weighted by molar-refractivity contribution is 5.52. The summed E-state index contributed by atoms with van der Waals surface area (Å²) in [5.74, 6) is -1.94. The molecule has 1 aromatic heterocycles. The number of hydrogen-bond donors (Lipinski definition) is 2. The van der Waals surface area contributed by atoms with E-state index >= 15 is 0 Å². The number of aromatic nitrogens is 2. The summed E-state index contributed by atoms with van der Waals surface area (Å²) in [5, 5.41) is 9.64. The van der Waals surface area contributed by atoms with Gasteiger partial charge in [-0.3, -0.25) is 9.78 Å². The van der Waals surface area contributed by atoms with Crippen LogP contribution in [-0.2, 0) is 0 Å². The van der Waals surface area contributed by atoms with Crippen LogP contribution in [0.5, 0.6) is 17.4 Å². The first-order valence-electron chi connectivity index (χ1n) is 5.45. The van der Waals surface area contributed by atoms with Crippen molar-refractivity contribution in [2.24, 2.45) is 0 Å². The number of aromatic amines is 1.